The van der Waals surface area contributed by atoms with Crippen LogP contribution in [0.15, 0.2) is 11.0 Å². The van der Waals surface area contributed by atoms with Crippen molar-refractivity contribution in [2.24, 2.45) is 7.05 Å². The molecule has 0 aliphatic rings. The average molecular weight is 319 g/mol. The standard InChI is InChI=1S/C17H29N5O/c1-4-6-8-10-22(11-9-7-5-2)13-15-19-16-14(17(23)20-15)12-18-21(16)3/h12H,4-11,13H2,1-3H3,(H,19,20,23). The molecule has 0 bridgehead atoms. The zero-order chi connectivity index (χ0) is 16.7. The van der Waals surface area contributed by atoms with Crippen LogP contribution in [0.4, 0.5) is 0 Å². The van der Waals surface area contributed by atoms with Gasteiger partial charge in [-0.25, -0.2) is 4.98 Å². The maximum atomic E-state index is 12.1. The van der Waals surface area contributed by atoms with Crippen LogP contribution in [-0.4, -0.2) is 37.7 Å². The molecule has 128 valence electrons. The van der Waals surface area contributed by atoms with Gasteiger partial charge in [0.1, 0.15) is 11.2 Å². The van der Waals surface area contributed by atoms with Gasteiger partial charge in [0.2, 0.25) is 0 Å². The van der Waals surface area contributed by atoms with Gasteiger partial charge in [0.15, 0.2) is 5.65 Å². The average Bonchev–Trinajstić information content (AvgIpc) is 2.89. The molecular formula is C17H29N5O. The van der Waals surface area contributed by atoms with Gasteiger partial charge in [-0.3, -0.25) is 14.4 Å². The Morgan fingerprint density at radius 1 is 1.13 bits per heavy atom. The Labute approximate surface area is 137 Å². The van der Waals surface area contributed by atoms with Crippen molar-refractivity contribution < 1.29 is 0 Å². The molecule has 1 N–H and O–H groups in total. The molecule has 0 aromatic carbocycles. The van der Waals surface area contributed by atoms with E-state index in [0.717, 1.165) is 18.9 Å². The Balaban J connectivity index is 2.10. The molecule has 23 heavy (non-hydrogen) atoms. The number of H-pyrrole nitrogens is 1. The number of unbranched alkanes of at least 4 members (excludes halogenated alkanes) is 4. The highest BCUT2D eigenvalue weighted by Gasteiger charge is 2.11. The van der Waals surface area contributed by atoms with Crippen LogP contribution < -0.4 is 5.56 Å². The van der Waals surface area contributed by atoms with Crippen molar-refractivity contribution in [1.29, 1.82) is 0 Å². The number of hydrogen-bond acceptors (Lipinski definition) is 4. The maximum absolute atomic E-state index is 12.1. The number of fused-ring (bicyclic) bond motifs is 1. The molecule has 2 rings (SSSR count). The fourth-order valence-corrected chi connectivity index (χ4v) is 2.81. The molecule has 0 aliphatic heterocycles. The van der Waals surface area contributed by atoms with Gasteiger partial charge in [-0.05, 0) is 25.9 Å². The van der Waals surface area contributed by atoms with Gasteiger partial charge in [0.05, 0.1) is 12.7 Å². The molecule has 2 aromatic heterocycles. The van der Waals surface area contributed by atoms with E-state index in [4.69, 9.17) is 0 Å². The number of aromatic amines is 1. The Morgan fingerprint density at radius 3 is 2.39 bits per heavy atom. The summed E-state index contributed by atoms with van der Waals surface area (Å²) in [5.41, 5.74) is 0.561. The number of aromatic nitrogens is 4. The maximum Gasteiger partial charge on any atom is 0.262 e. The van der Waals surface area contributed by atoms with Crippen LogP contribution in [0, 0.1) is 0 Å². The normalized spacial score (nSPS) is 11.7. The lowest BCUT2D eigenvalue weighted by Crippen LogP contribution is -2.28. The lowest BCUT2D eigenvalue weighted by Gasteiger charge is -2.21. The molecule has 0 aliphatic carbocycles. The van der Waals surface area contributed by atoms with Crippen molar-refractivity contribution in [3.63, 3.8) is 0 Å². The smallest absolute Gasteiger partial charge is 0.262 e. The topological polar surface area (TPSA) is 66.8 Å². The van der Waals surface area contributed by atoms with E-state index in [0.29, 0.717) is 17.6 Å². The van der Waals surface area contributed by atoms with Crippen molar-refractivity contribution in [3.05, 3.63) is 22.4 Å². The minimum Gasteiger partial charge on any atom is -0.309 e. The van der Waals surface area contributed by atoms with E-state index >= 15 is 0 Å². The van der Waals surface area contributed by atoms with Gasteiger partial charge in [0, 0.05) is 7.05 Å². The first kappa shape index (κ1) is 17.7. The second-order valence-electron chi connectivity index (χ2n) is 6.21. The number of nitrogens with zero attached hydrogens (tertiary/aromatic N) is 4. The molecule has 0 radical (unpaired) electrons. The predicted octanol–water partition coefficient (Wildman–Crippen LogP) is 2.84. The van der Waals surface area contributed by atoms with Crippen molar-refractivity contribution in [3.8, 4) is 0 Å². The first-order chi connectivity index (χ1) is 11.2. The Morgan fingerprint density at radius 2 is 1.78 bits per heavy atom. The Kier molecular flexibility index (Phi) is 6.77. The highest BCUT2D eigenvalue weighted by atomic mass is 16.1. The van der Waals surface area contributed by atoms with Crippen LogP contribution >= 0.6 is 0 Å². The molecule has 0 unspecified atom stereocenters. The van der Waals surface area contributed by atoms with E-state index in [1.807, 2.05) is 7.05 Å². The zero-order valence-corrected chi connectivity index (χ0v) is 14.6. The highest BCUT2D eigenvalue weighted by Crippen LogP contribution is 2.09. The number of hydrogen-bond donors (Lipinski definition) is 1. The van der Waals surface area contributed by atoms with Gasteiger partial charge in [0.25, 0.3) is 5.56 Å². The second-order valence-corrected chi connectivity index (χ2v) is 6.21. The predicted molar refractivity (Wildman–Crippen MR) is 93.5 cm³/mol. The zero-order valence-electron chi connectivity index (χ0n) is 14.6. The number of rotatable bonds is 10. The lowest BCUT2D eigenvalue weighted by molar-refractivity contribution is 0.248. The third-order valence-corrected chi connectivity index (χ3v) is 4.18. The van der Waals surface area contributed by atoms with Crippen LogP contribution in [0.1, 0.15) is 58.2 Å². The number of nitrogens with one attached hydrogen (secondary N) is 1. The molecule has 0 spiro atoms. The Hall–Kier alpha value is -1.69. The van der Waals surface area contributed by atoms with E-state index in [1.165, 1.54) is 38.5 Å². The van der Waals surface area contributed by atoms with E-state index in [1.54, 1.807) is 10.9 Å². The summed E-state index contributed by atoms with van der Waals surface area (Å²) < 4.78 is 1.66. The molecule has 0 saturated heterocycles. The monoisotopic (exact) mass is 319 g/mol. The fraction of sp³-hybridized carbons (Fsp3) is 0.706. The first-order valence-electron chi connectivity index (χ1n) is 8.79. The molecule has 0 saturated carbocycles. The van der Waals surface area contributed by atoms with Crippen molar-refractivity contribution in [2.45, 2.75) is 58.9 Å². The minimum atomic E-state index is -0.0971. The highest BCUT2D eigenvalue weighted by molar-refractivity contribution is 5.72. The molecular weight excluding hydrogens is 290 g/mol. The third kappa shape index (κ3) is 4.89. The summed E-state index contributed by atoms with van der Waals surface area (Å²) in [5.74, 6) is 0.735. The summed E-state index contributed by atoms with van der Waals surface area (Å²) in [6, 6.07) is 0. The molecule has 6 nitrogen and oxygen atoms in total. The summed E-state index contributed by atoms with van der Waals surface area (Å²) >= 11 is 0. The van der Waals surface area contributed by atoms with E-state index < -0.39 is 0 Å². The number of aryl methyl sites for hydroxylation is 1. The SMILES string of the molecule is CCCCCN(CCCCC)Cc1nc2c(cnn2C)c(=O)[nH]1. The van der Waals surface area contributed by atoms with Gasteiger partial charge >= 0.3 is 0 Å². The summed E-state index contributed by atoms with van der Waals surface area (Å²) in [7, 11) is 1.82. The van der Waals surface area contributed by atoms with Crippen LogP contribution in [0.25, 0.3) is 11.0 Å². The van der Waals surface area contributed by atoms with Crippen LogP contribution in [0.3, 0.4) is 0 Å². The van der Waals surface area contributed by atoms with Gasteiger partial charge in [-0.2, -0.15) is 5.10 Å². The van der Waals surface area contributed by atoms with Crippen molar-refractivity contribution in [1.82, 2.24) is 24.6 Å². The minimum absolute atomic E-state index is 0.0971. The Bertz CT molecular complexity index is 651. The fourth-order valence-electron chi connectivity index (χ4n) is 2.81. The van der Waals surface area contributed by atoms with Crippen LogP contribution in [-0.2, 0) is 13.6 Å². The molecule has 6 heteroatoms. The van der Waals surface area contributed by atoms with Crippen LogP contribution in [0.5, 0.6) is 0 Å². The molecule has 0 amide bonds. The molecule has 2 aromatic rings. The quantitative estimate of drug-likeness (QED) is 0.684. The van der Waals surface area contributed by atoms with Crippen molar-refractivity contribution in [2.75, 3.05) is 13.1 Å². The summed E-state index contributed by atoms with van der Waals surface area (Å²) in [4.78, 5) is 22.1. The van der Waals surface area contributed by atoms with Gasteiger partial charge in [-0.1, -0.05) is 39.5 Å². The molecule has 0 atom stereocenters. The van der Waals surface area contributed by atoms with Gasteiger partial charge in [-0.15, -0.1) is 0 Å². The van der Waals surface area contributed by atoms with Gasteiger partial charge < -0.3 is 4.98 Å². The van der Waals surface area contributed by atoms with E-state index in [9.17, 15) is 4.79 Å². The first-order valence-corrected chi connectivity index (χ1v) is 8.79. The van der Waals surface area contributed by atoms with Crippen LogP contribution in [0.2, 0.25) is 0 Å². The van der Waals surface area contributed by atoms with Crippen molar-refractivity contribution >= 4 is 11.0 Å². The molecule has 2 heterocycles. The largest absolute Gasteiger partial charge is 0.309 e. The lowest BCUT2D eigenvalue weighted by atomic mass is 10.2. The molecule has 0 fully saturated rings. The summed E-state index contributed by atoms with van der Waals surface area (Å²) in [5, 5.41) is 4.67. The third-order valence-electron chi connectivity index (χ3n) is 4.18. The summed E-state index contributed by atoms with van der Waals surface area (Å²) in [6.07, 6.45) is 8.90. The summed E-state index contributed by atoms with van der Waals surface area (Å²) in [6.45, 7) is 7.26. The second kappa shape index (κ2) is 8.82. The van der Waals surface area contributed by atoms with E-state index in [2.05, 4.69) is 33.8 Å². The van der Waals surface area contributed by atoms with E-state index in [-0.39, 0.29) is 5.56 Å².